The summed E-state index contributed by atoms with van der Waals surface area (Å²) in [4.78, 5) is 25.9. The van der Waals surface area contributed by atoms with Crippen LogP contribution in [0.3, 0.4) is 0 Å². The minimum absolute atomic E-state index is 0.0741. The summed E-state index contributed by atoms with van der Waals surface area (Å²) in [7, 11) is 1.61. The summed E-state index contributed by atoms with van der Waals surface area (Å²) in [5.74, 6) is -0.158. The predicted octanol–water partition coefficient (Wildman–Crippen LogP) is 3.99. The number of hydrogen-bond donors (Lipinski definition) is 1. The Labute approximate surface area is 190 Å². The summed E-state index contributed by atoms with van der Waals surface area (Å²) in [5.41, 5.74) is 2.17. The average molecular weight is 463 g/mol. The van der Waals surface area contributed by atoms with Gasteiger partial charge in [0.25, 0.3) is 5.91 Å². The molecule has 0 saturated carbocycles. The van der Waals surface area contributed by atoms with Gasteiger partial charge in [-0.3, -0.25) is 9.59 Å². The highest BCUT2D eigenvalue weighted by Crippen LogP contribution is 2.16. The van der Waals surface area contributed by atoms with Crippen LogP contribution in [0.1, 0.15) is 21.5 Å². The topological polar surface area (TPSA) is 69.6 Å². The summed E-state index contributed by atoms with van der Waals surface area (Å²) < 4.78 is 12.4. The van der Waals surface area contributed by atoms with Crippen molar-refractivity contribution in [2.75, 3.05) is 26.9 Å². The van der Waals surface area contributed by atoms with Gasteiger partial charge in [0, 0.05) is 42.7 Å². The SMILES string of the molecule is COCCOCCn1cc(C(=O)NCc2ccc(Cl)cc2)c(=O)c2cc(CCl)ccc21. The van der Waals surface area contributed by atoms with E-state index in [1.807, 2.05) is 28.8 Å². The van der Waals surface area contributed by atoms with Crippen LogP contribution >= 0.6 is 23.2 Å². The van der Waals surface area contributed by atoms with E-state index in [4.69, 9.17) is 32.7 Å². The molecule has 31 heavy (non-hydrogen) atoms. The monoisotopic (exact) mass is 462 g/mol. The predicted molar refractivity (Wildman–Crippen MR) is 123 cm³/mol. The number of methoxy groups -OCH3 is 1. The van der Waals surface area contributed by atoms with E-state index in [0.717, 1.165) is 16.6 Å². The zero-order valence-corrected chi connectivity index (χ0v) is 18.7. The Morgan fingerprint density at radius 3 is 2.52 bits per heavy atom. The number of nitrogens with zero attached hydrogens (tertiary/aromatic N) is 1. The molecule has 0 unspecified atom stereocenters. The van der Waals surface area contributed by atoms with Crippen molar-refractivity contribution in [1.29, 1.82) is 0 Å². The molecule has 1 amide bonds. The molecule has 6 nitrogen and oxygen atoms in total. The Balaban J connectivity index is 1.87. The van der Waals surface area contributed by atoms with Crippen molar-refractivity contribution in [3.8, 4) is 0 Å². The molecule has 3 rings (SSSR count). The van der Waals surface area contributed by atoms with Gasteiger partial charge >= 0.3 is 0 Å². The summed E-state index contributed by atoms with van der Waals surface area (Å²) in [6, 6.07) is 12.6. The van der Waals surface area contributed by atoms with Crippen molar-refractivity contribution in [2.45, 2.75) is 19.0 Å². The van der Waals surface area contributed by atoms with Crippen LogP contribution in [0.5, 0.6) is 0 Å². The summed E-state index contributed by atoms with van der Waals surface area (Å²) in [5, 5.41) is 3.88. The quantitative estimate of drug-likeness (QED) is 0.365. The average Bonchev–Trinajstić information content (AvgIpc) is 2.79. The number of amides is 1. The molecular formula is C23H24Cl2N2O4. The maximum absolute atomic E-state index is 13.1. The Bertz CT molecular complexity index is 1100. The van der Waals surface area contributed by atoms with Crippen molar-refractivity contribution in [3.63, 3.8) is 0 Å². The zero-order valence-electron chi connectivity index (χ0n) is 17.2. The Kier molecular flexibility index (Phi) is 8.49. The second-order valence-electron chi connectivity index (χ2n) is 6.96. The van der Waals surface area contributed by atoms with Crippen LogP contribution in [0, 0.1) is 0 Å². The minimum Gasteiger partial charge on any atom is -0.382 e. The summed E-state index contributed by atoms with van der Waals surface area (Å²) >= 11 is 11.9. The van der Waals surface area contributed by atoms with Crippen molar-refractivity contribution >= 4 is 40.0 Å². The number of pyridine rings is 1. The molecule has 1 N–H and O–H groups in total. The van der Waals surface area contributed by atoms with E-state index < -0.39 is 5.91 Å². The highest BCUT2D eigenvalue weighted by molar-refractivity contribution is 6.30. The van der Waals surface area contributed by atoms with Crippen LogP contribution in [-0.4, -0.2) is 37.4 Å². The van der Waals surface area contributed by atoms with E-state index >= 15 is 0 Å². The maximum atomic E-state index is 13.1. The zero-order chi connectivity index (χ0) is 22.2. The third-order valence-electron chi connectivity index (χ3n) is 4.82. The van der Waals surface area contributed by atoms with Gasteiger partial charge in [-0.05, 0) is 35.4 Å². The first-order valence-corrected chi connectivity index (χ1v) is 10.8. The van der Waals surface area contributed by atoms with Gasteiger partial charge in [-0.15, -0.1) is 11.6 Å². The fourth-order valence-electron chi connectivity index (χ4n) is 3.16. The Morgan fingerprint density at radius 1 is 1.06 bits per heavy atom. The van der Waals surface area contributed by atoms with Gasteiger partial charge in [-0.25, -0.2) is 0 Å². The van der Waals surface area contributed by atoms with Gasteiger partial charge in [0.1, 0.15) is 5.56 Å². The summed E-state index contributed by atoms with van der Waals surface area (Å²) in [6.07, 6.45) is 1.59. The lowest BCUT2D eigenvalue weighted by Gasteiger charge is -2.14. The van der Waals surface area contributed by atoms with Crippen LogP contribution in [-0.2, 0) is 28.4 Å². The van der Waals surface area contributed by atoms with Crippen LogP contribution in [0.2, 0.25) is 5.02 Å². The van der Waals surface area contributed by atoms with Crippen molar-refractivity contribution < 1.29 is 14.3 Å². The molecule has 0 aliphatic heterocycles. The van der Waals surface area contributed by atoms with Crippen LogP contribution < -0.4 is 10.7 Å². The first kappa shape index (κ1) is 23.3. The molecule has 8 heteroatoms. The van der Waals surface area contributed by atoms with E-state index in [1.54, 1.807) is 31.5 Å². The van der Waals surface area contributed by atoms with Gasteiger partial charge in [0.2, 0.25) is 5.43 Å². The molecule has 0 saturated heterocycles. The van der Waals surface area contributed by atoms with E-state index in [-0.39, 0.29) is 23.4 Å². The number of aromatic nitrogens is 1. The molecule has 0 radical (unpaired) electrons. The van der Waals surface area contributed by atoms with E-state index in [9.17, 15) is 9.59 Å². The van der Waals surface area contributed by atoms with Gasteiger partial charge in [0.15, 0.2) is 0 Å². The number of fused-ring (bicyclic) bond motifs is 1. The largest absolute Gasteiger partial charge is 0.382 e. The molecule has 0 fully saturated rings. The third-order valence-corrected chi connectivity index (χ3v) is 5.38. The second-order valence-corrected chi connectivity index (χ2v) is 7.67. The normalized spacial score (nSPS) is 11.1. The summed E-state index contributed by atoms with van der Waals surface area (Å²) in [6.45, 7) is 2.17. The lowest BCUT2D eigenvalue weighted by molar-refractivity contribution is 0.0669. The highest BCUT2D eigenvalue weighted by Gasteiger charge is 2.16. The van der Waals surface area contributed by atoms with Crippen LogP contribution in [0.15, 0.2) is 53.5 Å². The lowest BCUT2D eigenvalue weighted by Crippen LogP contribution is -2.30. The molecule has 0 aliphatic rings. The maximum Gasteiger partial charge on any atom is 0.257 e. The molecule has 0 aliphatic carbocycles. The van der Waals surface area contributed by atoms with Gasteiger partial charge in [-0.2, -0.15) is 0 Å². The molecule has 1 aromatic heterocycles. The van der Waals surface area contributed by atoms with Gasteiger partial charge in [0.05, 0.1) is 25.3 Å². The molecular weight excluding hydrogens is 439 g/mol. The van der Waals surface area contributed by atoms with Crippen LogP contribution in [0.4, 0.5) is 0 Å². The lowest BCUT2D eigenvalue weighted by atomic mass is 10.1. The molecule has 0 bridgehead atoms. The first-order chi connectivity index (χ1) is 15.0. The van der Waals surface area contributed by atoms with E-state index in [1.165, 1.54) is 0 Å². The molecule has 3 aromatic rings. The standard InChI is InChI=1S/C23H24Cl2N2O4/c1-30-10-11-31-9-8-27-15-20(22(28)19-12-17(13-24)4-7-21(19)27)23(29)26-14-16-2-5-18(25)6-3-16/h2-7,12,15H,8-11,13-14H2,1H3,(H,26,29). The number of halogens is 2. The van der Waals surface area contributed by atoms with Crippen LogP contribution in [0.25, 0.3) is 10.9 Å². The van der Waals surface area contributed by atoms with Crippen molar-refractivity contribution in [1.82, 2.24) is 9.88 Å². The minimum atomic E-state index is -0.438. The highest BCUT2D eigenvalue weighted by atomic mass is 35.5. The number of rotatable bonds is 10. The fourth-order valence-corrected chi connectivity index (χ4v) is 3.45. The number of carbonyl (C=O) groups excluding carboxylic acids is 1. The third kappa shape index (κ3) is 6.08. The molecule has 2 aromatic carbocycles. The number of nitrogens with one attached hydrogen (secondary N) is 1. The smallest absolute Gasteiger partial charge is 0.257 e. The molecule has 0 spiro atoms. The number of ether oxygens (including phenoxy) is 2. The number of benzene rings is 2. The van der Waals surface area contributed by atoms with E-state index in [0.29, 0.717) is 36.8 Å². The van der Waals surface area contributed by atoms with Crippen molar-refractivity contribution in [3.05, 3.63) is 80.6 Å². The Hall–Kier alpha value is -2.38. The second kappa shape index (κ2) is 11.3. The first-order valence-electron chi connectivity index (χ1n) is 9.85. The number of hydrogen-bond acceptors (Lipinski definition) is 4. The van der Waals surface area contributed by atoms with Gasteiger partial charge < -0.3 is 19.4 Å². The molecule has 164 valence electrons. The number of alkyl halides is 1. The van der Waals surface area contributed by atoms with Gasteiger partial charge in [-0.1, -0.05) is 29.8 Å². The molecule has 1 heterocycles. The molecule has 0 atom stereocenters. The van der Waals surface area contributed by atoms with Crippen molar-refractivity contribution in [2.24, 2.45) is 0 Å². The number of carbonyl (C=O) groups is 1. The van der Waals surface area contributed by atoms with E-state index in [2.05, 4.69) is 5.32 Å². The fraction of sp³-hybridized carbons (Fsp3) is 0.304. The Morgan fingerprint density at radius 2 is 1.81 bits per heavy atom.